The van der Waals surface area contributed by atoms with Gasteiger partial charge in [-0.05, 0) is 30.3 Å². The van der Waals surface area contributed by atoms with Crippen molar-refractivity contribution < 1.29 is 38.8 Å². The summed E-state index contributed by atoms with van der Waals surface area (Å²) in [4.78, 5) is 34.7. The first-order valence-corrected chi connectivity index (χ1v) is 8.67. The van der Waals surface area contributed by atoms with Gasteiger partial charge >= 0.3 is 5.97 Å². The van der Waals surface area contributed by atoms with Crippen molar-refractivity contribution in [2.24, 2.45) is 0 Å². The molecule has 9 heteroatoms. The van der Waals surface area contributed by atoms with Gasteiger partial charge in [0, 0.05) is 25.0 Å². The Kier molecular flexibility index (Phi) is 5.58. The number of amides is 1. The Morgan fingerprint density at radius 3 is 2.41 bits per heavy atom. The van der Waals surface area contributed by atoms with E-state index in [1.165, 1.54) is 50.2 Å². The number of ether oxygens (including phenoxy) is 3. The first kappa shape index (κ1) is 20.0. The van der Waals surface area contributed by atoms with E-state index in [1.54, 1.807) is 0 Å². The Labute approximate surface area is 165 Å². The normalized spacial score (nSPS) is 17.3. The molecule has 2 atom stereocenters. The summed E-state index contributed by atoms with van der Waals surface area (Å²) in [5, 5.41) is 21.9. The van der Waals surface area contributed by atoms with E-state index in [2.05, 4.69) is 5.32 Å². The van der Waals surface area contributed by atoms with Gasteiger partial charge in [-0.3, -0.25) is 14.4 Å². The number of fused-ring (bicyclic) bond motifs is 1. The lowest BCUT2D eigenvalue weighted by molar-refractivity contribution is -0.139. The van der Waals surface area contributed by atoms with Crippen molar-refractivity contribution in [1.29, 1.82) is 0 Å². The van der Waals surface area contributed by atoms with E-state index < -0.39 is 30.7 Å². The molecule has 0 spiro atoms. The van der Waals surface area contributed by atoms with Crippen LogP contribution in [0.3, 0.4) is 0 Å². The second kappa shape index (κ2) is 8.09. The summed E-state index contributed by atoms with van der Waals surface area (Å²) in [7, 11) is 0. The average Bonchev–Trinajstić information content (AvgIpc) is 2.67. The van der Waals surface area contributed by atoms with Gasteiger partial charge < -0.3 is 29.7 Å². The van der Waals surface area contributed by atoms with Crippen LogP contribution in [0, 0.1) is 0 Å². The van der Waals surface area contributed by atoms with E-state index in [4.69, 9.17) is 14.2 Å². The molecule has 3 N–H and O–H groups in total. The summed E-state index contributed by atoms with van der Waals surface area (Å²) in [6.07, 6.45) is -1.77. The lowest BCUT2D eigenvalue weighted by atomic mass is 10.0. The minimum Gasteiger partial charge on any atom is -0.504 e. The topological polar surface area (TPSA) is 131 Å². The van der Waals surface area contributed by atoms with Gasteiger partial charge in [0.2, 0.25) is 12.1 Å². The largest absolute Gasteiger partial charge is 0.504 e. The van der Waals surface area contributed by atoms with Crippen LogP contribution in [0.4, 0.5) is 0 Å². The maximum atomic E-state index is 12.2. The van der Waals surface area contributed by atoms with Gasteiger partial charge in [0.15, 0.2) is 41.5 Å². The number of carbonyl (C=O) groups is 3. The number of phenols is 2. The third-order valence-corrected chi connectivity index (χ3v) is 4.13. The van der Waals surface area contributed by atoms with E-state index in [9.17, 15) is 24.6 Å². The highest BCUT2D eigenvalue weighted by molar-refractivity contribution is 5.98. The van der Waals surface area contributed by atoms with Crippen molar-refractivity contribution in [1.82, 2.24) is 5.32 Å². The van der Waals surface area contributed by atoms with Crippen LogP contribution in [-0.4, -0.2) is 40.7 Å². The van der Waals surface area contributed by atoms with Crippen LogP contribution in [-0.2, 0) is 14.3 Å². The standard InChI is InChI=1S/C20H19NO8/c1-10(22)21-20-19(13-3-5-14(24)15(25)7-13)28-18-8-12(4-6-17(18)29-20)16(26)9-27-11(2)23/h3-8,19-20,24-25H,9H2,1-2H3,(H,21,22)/t19-,20+/m0/s1. The number of hydrogen-bond acceptors (Lipinski definition) is 8. The number of nitrogens with one attached hydrogen (secondary N) is 1. The van der Waals surface area contributed by atoms with Crippen LogP contribution in [0.2, 0.25) is 0 Å². The molecular weight excluding hydrogens is 382 g/mol. The van der Waals surface area contributed by atoms with E-state index in [0.29, 0.717) is 11.3 Å². The second-order valence-electron chi connectivity index (χ2n) is 6.39. The van der Waals surface area contributed by atoms with Gasteiger partial charge in [0.25, 0.3) is 0 Å². The van der Waals surface area contributed by atoms with Crippen molar-refractivity contribution in [3.63, 3.8) is 0 Å². The minimum atomic E-state index is -0.911. The molecular formula is C20H19NO8. The molecule has 1 heterocycles. The van der Waals surface area contributed by atoms with Crippen molar-refractivity contribution >= 4 is 17.7 Å². The number of hydrogen-bond donors (Lipinski definition) is 3. The van der Waals surface area contributed by atoms with Crippen LogP contribution >= 0.6 is 0 Å². The molecule has 1 amide bonds. The molecule has 152 valence electrons. The molecule has 9 nitrogen and oxygen atoms in total. The van der Waals surface area contributed by atoms with Crippen molar-refractivity contribution in [3.05, 3.63) is 47.5 Å². The maximum absolute atomic E-state index is 12.2. The van der Waals surface area contributed by atoms with Gasteiger partial charge in [0.1, 0.15) is 0 Å². The molecule has 0 fully saturated rings. The van der Waals surface area contributed by atoms with E-state index in [-0.39, 0.29) is 28.7 Å². The molecule has 2 aromatic rings. The predicted octanol–water partition coefficient (Wildman–Crippen LogP) is 1.82. The van der Waals surface area contributed by atoms with Crippen LogP contribution in [0.15, 0.2) is 36.4 Å². The Morgan fingerprint density at radius 1 is 1.00 bits per heavy atom. The summed E-state index contributed by atoms with van der Waals surface area (Å²) in [5.74, 6) is -1.48. The van der Waals surface area contributed by atoms with Crippen LogP contribution in [0.1, 0.15) is 35.9 Å². The molecule has 0 aliphatic carbocycles. The summed E-state index contributed by atoms with van der Waals surface area (Å²) in [6.45, 7) is 2.12. The number of benzene rings is 2. The van der Waals surface area contributed by atoms with Crippen molar-refractivity contribution in [2.45, 2.75) is 26.2 Å². The summed E-state index contributed by atoms with van der Waals surface area (Å²) in [5.41, 5.74) is 0.681. The maximum Gasteiger partial charge on any atom is 0.303 e. The quantitative estimate of drug-likeness (QED) is 0.393. The number of carbonyl (C=O) groups excluding carboxylic acids is 3. The fourth-order valence-electron chi connectivity index (χ4n) is 2.78. The van der Waals surface area contributed by atoms with Gasteiger partial charge in [-0.15, -0.1) is 0 Å². The highest BCUT2D eigenvalue weighted by Crippen LogP contribution is 2.41. The monoisotopic (exact) mass is 401 g/mol. The molecule has 0 unspecified atom stereocenters. The SMILES string of the molecule is CC(=O)N[C@@H]1Oc2ccc(C(=O)COC(C)=O)cc2O[C@H]1c1ccc(O)c(O)c1. The number of phenolic OH excluding ortho intramolecular Hbond substituents is 2. The molecule has 0 radical (unpaired) electrons. The number of esters is 1. The van der Waals surface area contributed by atoms with Crippen molar-refractivity contribution in [2.75, 3.05) is 6.61 Å². The minimum absolute atomic E-state index is 0.234. The third-order valence-electron chi connectivity index (χ3n) is 4.13. The zero-order valence-electron chi connectivity index (χ0n) is 15.7. The highest BCUT2D eigenvalue weighted by Gasteiger charge is 2.34. The third kappa shape index (κ3) is 4.57. The Bertz CT molecular complexity index is 971. The van der Waals surface area contributed by atoms with Crippen LogP contribution < -0.4 is 14.8 Å². The van der Waals surface area contributed by atoms with Gasteiger partial charge in [0.05, 0.1) is 0 Å². The van der Waals surface area contributed by atoms with Crippen LogP contribution in [0.25, 0.3) is 0 Å². The molecule has 3 rings (SSSR count). The first-order valence-electron chi connectivity index (χ1n) is 8.67. The van der Waals surface area contributed by atoms with Gasteiger partial charge in [-0.2, -0.15) is 0 Å². The molecule has 1 aliphatic rings. The predicted molar refractivity (Wildman–Crippen MR) is 98.8 cm³/mol. The Balaban J connectivity index is 1.92. The average molecular weight is 401 g/mol. The molecule has 29 heavy (non-hydrogen) atoms. The lowest BCUT2D eigenvalue weighted by Gasteiger charge is -2.34. The van der Waals surface area contributed by atoms with E-state index in [1.807, 2.05) is 0 Å². The second-order valence-corrected chi connectivity index (χ2v) is 6.39. The van der Waals surface area contributed by atoms with E-state index >= 15 is 0 Å². The molecule has 0 saturated heterocycles. The number of aromatic hydroxyl groups is 2. The van der Waals surface area contributed by atoms with Gasteiger partial charge in [-0.1, -0.05) is 6.07 Å². The van der Waals surface area contributed by atoms with Crippen molar-refractivity contribution in [3.8, 4) is 23.0 Å². The molecule has 0 saturated carbocycles. The van der Waals surface area contributed by atoms with Crippen LogP contribution in [0.5, 0.6) is 23.0 Å². The molecule has 0 bridgehead atoms. The number of Topliss-reactive ketones (excluding diaryl/α,β-unsaturated/α-hetero) is 1. The summed E-state index contributed by atoms with van der Waals surface area (Å²) >= 11 is 0. The first-order chi connectivity index (χ1) is 13.7. The smallest absolute Gasteiger partial charge is 0.303 e. The lowest BCUT2D eigenvalue weighted by Crippen LogP contribution is -2.46. The fourth-order valence-corrected chi connectivity index (χ4v) is 2.78. The zero-order chi connectivity index (χ0) is 21.1. The summed E-state index contributed by atoms with van der Waals surface area (Å²) in [6, 6.07) is 8.53. The molecule has 1 aliphatic heterocycles. The molecule has 0 aromatic heterocycles. The number of rotatable bonds is 5. The Morgan fingerprint density at radius 2 is 1.76 bits per heavy atom. The summed E-state index contributed by atoms with van der Waals surface area (Å²) < 4.78 is 16.5. The number of ketones is 1. The molecule has 2 aromatic carbocycles. The highest BCUT2D eigenvalue weighted by atomic mass is 16.6. The van der Waals surface area contributed by atoms with Gasteiger partial charge in [-0.25, -0.2) is 0 Å². The van der Waals surface area contributed by atoms with E-state index in [0.717, 1.165) is 0 Å². The Hall–Kier alpha value is -3.75. The zero-order valence-corrected chi connectivity index (χ0v) is 15.7. The fraction of sp³-hybridized carbons (Fsp3) is 0.250.